The Morgan fingerprint density at radius 2 is 1.59 bits per heavy atom. The number of nitrogens with two attached hydrogens (primary N) is 1. The van der Waals surface area contributed by atoms with Gasteiger partial charge in [-0.15, -0.1) is 0 Å². The van der Waals surface area contributed by atoms with Crippen molar-refractivity contribution in [2.45, 2.75) is 61.1 Å². The zero-order valence-electron chi connectivity index (χ0n) is 27.2. The van der Waals surface area contributed by atoms with Gasteiger partial charge in [-0.1, -0.05) is 57.5 Å². The molecule has 0 spiro atoms. The number of carbonyl (C=O) groups excluding carboxylic acids is 1. The number of hydrogen-bond acceptors (Lipinski definition) is 7. The number of aromatic nitrogens is 2. The molecule has 4 aromatic rings. The number of carbonyl (C=O) groups is 1. The van der Waals surface area contributed by atoms with Crippen molar-refractivity contribution in [2.24, 2.45) is 0 Å². The van der Waals surface area contributed by atoms with E-state index in [0.29, 0.717) is 72.3 Å². The number of aryl methyl sites for hydroxylation is 1. The molecule has 1 amide bonds. The van der Waals surface area contributed by atoms with Gasteiger partial charge in [0.1, 0.15) is 17.3 Å². The highest BCUT2D eigenvalue weighted by Crippen LogP contribution is 2.25. The van der Waals surface area contributed by atoms with E-state index in [-0.39, 0.29) is 24.2 Å². The Balaban J connectivity index is 0.00000127. The smallest absolute Gasteiger partial charge is 0.266 e. The van der Waals surface area contributed by atoms with Gasteiger partial charge in [-0.3, -0.25) is 19.1 Å². The average Bonchev–Trinajstić information content (AvgIpc) is 3.04. The molecule has 9 heteroatoms. The van der Waals surface area contributed by atoms with Gasteiger partial charge < -0.3 is 20.1 Å². The van der Waals surface area contributed by atoms with E-state index in [1.807, 2.05) is 102 Å². The normalized spacial score (nSPS) is 13.0. The van der Waals surface area contributed by atoms with Crippen LogP contribution in [0, 0.1) is 6.92 Å². The quantitative estimate of drug-likeness (QED) is 0.253. The maximum Gasteiger partial charge on any atom is 0.266 e. The molecule has 0 bridgehead atoms. The van der Waals surface area contributed by atoms with Crippen LogP contribution in [0.3, 0.4) is 0 Å². The molecule has 9 nitrogen and oxygen atoms in total. The molecule has 236 valence electrons. The molecule has 1 fully saturated rings. The van der Waals surface area contributed by atoms with Crippen molar-refractivity contribution >= 4 is 22.5 Å². The van der Waals surface area contributed by atoms with Gasteiger partial charge in [0.15, 0.2) is 6.61 Å². The number of benzene rings is 3. The Morgan fingerprint density at radius 1 is 0.932 bits per heavy atom. The first-order chi connectivity index (χ1) is 21.3. The summed E-state index contributed by atoms with van der Waals surface area (Å²) in [5, 5.41) is 0.451. The standard InChI is InChI=1S/C31H35N5O4.2C2H6/c1-21(2)40-28-7-5-4-6-27(28)36-29(33-26-13-10-23(32)18-25(26)31(36)38)19-34-14-16-35(17-15-34)30(37)20-39-24-11-8-22(3)9-12-24;2*1-2/h4-13,18,21H,14-17,19-20,32H2,1-3H3;2*1-2H3. The Kier molecular flexibility index (Phi) is 12.8. The number of piperazine rings is 1. The second-order valence-electron chi connectivity index (χ2n) is 10.3. The second kappa shape index (κ2) is 16.5. The van der Waals surface area contributed by atoms with Crippen molar-refractivity contribution in [1.82, 2.24) is 19.4 Å². The van der Waals surface area contributed by atoms with Gasteiger partial charge in [-0.05, 0) is 63.2 Å². The minimum absolute atomic E-state index is 0.00456. The van der Waals surface area contributed by atoms with Crippen LogP contribution in [-0.2, 0) is 11.3 Å². The lowest BCUT2D eigenvalue weighted by Crippen LogP contribution is -2.50. The van der Waals surface area contributed by atoms with Crippen LogP contribution in [0.4, 0.5) is 5.69 Å². The zero-order valence-corrected chi connectivity index (χ0v) is 27.2. The van der Waals surface area contributed by atoms with Crippen LogP contribution in [0.15, 0.2) is 71.5 Å². The van der Waals surface area contributed by atoms with Gasteiger partial charge in [-0.2, -0.15) is 0 Å². The summed E-state index contributed by atoms with van der Waals surface area (Å²) in [6.45, 7) is 16.8. The SMILES string of the molecule is CC.CC.Cc1ccc(OCC(=O)N2CCN(Cc3nc4ccc(N)cc4c(=O)n3-c3ccccc3OC(C)C)CC2)cc1. The molecule has 1 aliphatic rings. The summed E-state index contributed by atoms with van der Waals surface area (Å²) in [6, 6.07) is 20.4. The molecule has 0 aliphatic carbocycles. The molecule has 44 heavy (non-hydrogen) atoms. The third-order valence-corrected chi connectivity index (χ3v) is 6.90. The van der Waals surface area contributed by atoms with E-state index in [9.17, 15) is 9.59 Å². The lowest BCUT2D eigenvalue weighted by atomic mass is 10.2. The van der Waals surface area contributed by atoms with Crippen LogP contribution < -0.4 is 20.8 Å². The molecule has 1 aromatic heterocycles. The molecular weight excluding hydrogens is 554 g/mol. The van der Waals surface area contributed by atoms with Crippen LogP contribution in [-0.4, -0.2) is 64.1 Å². The van der Waals surface area contributed by atoms with Crippen molar-refractivity contribution in [3.05, 3.63) is 88.5 Å². The molecule has 5 rings (SSSR count). The van der Waals surface area contributed by atoms with Crippen molar-refractivity contribution < 1.29 is 14.3 Å². The van der Waals surface area contributed by atoms with Gasteiger partial charge in [-0.25, -0.2) is 4.98 Å². The van der Waals surface area contributed by atoms with Crippen LogP contribution in [0.2, 0.25) is 0 Å². The van der Waals surface area contributed by atoms with Crippen LogP contribution in [0.25, 0.3) is 16.6 Å². The minimum Gasteiger partial charge on any atom is -0.489 e. The highest BCUT2D eigenvalue weighted by atomic mass is 16.5. The lowest BCUT2D eigenvalue weighted by molar-refractivity contribution is -0.135. The average molecular weight is 602 g/mol. The minimum atomic E-state index is -0.200. The number of ether oxygens (including phenoxy) is 2. The van der Waals surface area contributed by atoms with E-state index in [1.54, 1.807) is 22.8 Å². The molecular formula is C35H47N5O4. The lowest BCUT2D eigenvalue weighted by Gasteiger charge is -2.34. The van der Waals surface area contributed by atoms with Crippen LogP contribution >= 0.6 is 0 Å². The van der Waals surface area contributed by atoms with Gasteiger partial charge >= 0.3 is 0 Å². The van der Waals surface area contributed by atoms with E-state index >= 15 is 0 Å². The van der Waals surface area contributed by atoms with E-state index in [4.69, 9.17) is 20.2 Å². The second-order valence-corrected chi connectivity index (χ2v) is 10.3. The molecule has 2 heterocycles. The number of amides is 1. The summed E-state index contributed by atoms with van der Waals surface area (Å²) in [5.41, 5.74) is 8.68. The van der Waals surface area contributed by atoms with Gasteiger partial charge in [0.2, 0.25) is 0 Å². The predicted octanol–water partition coefficient (Wildman–Crippen LogP) is 5.84. The van der Waals surface area contributed by atoms with E-state index in [1.165, 1.54) is 0 Å². The molecule has 0 saturated carbocycles. The maximum absolute atomic E-state index is 13.9. The fourth-order valence-corrected chi connectivity index (χ4v) is 4.83. The molecule has 2 N–H and O–H groups in total. The number of anilines is 1. The zero-order chi connectivity index (χ0) is 32.2. The Labute approximate surface area is 261 Å². The maximum atomic E-state index is 13.9. The topological polar surface area (TPSA) is 103 Å². The summed E-state index contributed by atoms with van der Waals surface area (Å²) >= 11 is 0. The third-order valence-electron chi connectivity index (χ3n) is 6.90. The molecule has 0 unspecified atom stereocenters. The van der Waals surface area contributed by atoms with Crippen molar-refractivity contribution in [3.63, 3.8) is 0 Å². The summed E-state index contributed by atoms with van der Waals surface area (Å²) in [6.07, 6.45) is -0.0648. The predicted molar refractivity (Wildman–Crippen MR) is 179 cm³/mol. The molecule has 1 saturated heterocycles. The summed E-state index contributed by atoms with van der Waals surface area (Å²) in [7, 11) is 0. The van der Waals surface area contributed by atoms with Gasteiger partial charge in [0, 0.05) is 31.9 Å². The van der Waals surface area contributed by atoms with E-state index in [0.717, 1.165) is 5.56 Å². The first-order valence-corrected chi connectivity index (χ1v) is 15.6. The highest BCUT2D eigenvalue weighted by Gasteiger charge is 2.24. The first-order valence-electron chi connectivity index (χ1n) is 15.6. The number of fused-ring (bicyclic) bond motifs is 1. The summed E-state index contributed by atoms with van der Waals surface area (Å²) in [4.78, 5) is 35.6. The van der Waals surface area contributed by atoms with Crippen molar-refractivity contribution in [1.29, 1.82) is 0 Å². The van der Waals surface area contributed by atoms with Crippen molar-refractivity contribution in [2.75, 3.05) is 38.5 Å². The molecule has 1 aliphatic heterocycles. The number of nitrogens with zero attached hydrogens (tertiary/aromatic N) is 4. The molecule has 3 aromatic carbocycles. The van der Waals surface area contributed by atoms with Gasteiger partial charge in [0.05, 0.1) is 29.2 Å². The highest BCUT2D eigenvalue weighted by molar-refractivity contribution is 5.81. The van der Waals surface area contributed by atoms with Gasteiger partial charge in [0.25, 0.3) is 11.5 Å². The molecule has 0 radical (unpaired) electrons. The fraction of sp³-hybridized carbons (Fsp3) is 0.400. The third kappa shape index (κ3) is 8.60. The number of nitrogen functional groups attached to an aromatic ring is 1. The summed E-state index contributed by atoms with van der Waals surface area (Å²) in [5.74, 6) is 1.85. The fourth-order valence-electron chi connectivity index (χ4n) is 4.83. The Morgan fingerprint density at radius 3 is 2.25 bits per heavy atom. The summed E-state index contributed by atoms with van der Waals surface area (Å²) < 4.78 is 13.4. The Hall–Kier alpha value is -4.37. The van der Waals surface area contributed by atoms with E-state index < -0.39 is 0 Å². The van der Waals surface area contributed by atoms with Crippen molar-refractivity contribution in [3.8, 4) is 17.2 Å². The monoisotopic (exact) mass is 601 g/mol. The number of hydrogen-bond donors (Lipinski definition) is 1. The first kappa shape index (κ1) is 34.1. The van der Waals surface area contributed by atoms with Crippen LogP contribution in [0.1, 0.15) is 52.9 Å². The van der Waals surface area contributed by atoms with Crippen LogP contribution in [0.5, 0.6) is 11.5 Å². The molecule has 0 atom stereocenters. The largest absolute Gasteiger partial charge is 0.489 e. The number of rotatable bonds is 8. The Bertz CT molecular complexity index is 1560. The van der Waals surface area contributed by atoms with E-state index in [2.05, 4.69) is 4.90 Å². The number of para-hydroxylation sites is 2.